The fraction of sp³-hybridized carbons (Fsp3) is 0.480. The summed E-state index contributed by atoms with van der Waals surface area (Å²) in [6, 6.07) is 5.70. The van der Waals surface area contributed by atoms with Crippen LogP contribution in [0.3, 0.4) is 0 Å². The number of hydrogen-bond donors (Lipinski definition) is 0. The molecule has 6 heteroatoms. The number of hydrogen-bond acceptors (Lipinski definition) is 4. The molecule has 162 valence electrons. The summed E-state index contributed by atoms with van der Waals surface area (Å²) in [5.74, 6) is 0. The van der Waals surface area contributed by atoms with Crippen LogP contribution in [0.15, 0.2) is 40.2 Å². The van der Waals surface area contributed by atoms with Gasteiger partial charge in [0.25, 0.3) is 5.56 Å². The van der Waals surface area contributed by atoms with E-state index in [9.17, 15) is 13.2 Å². The minimum absolute atomic E-state index is 0.0296. The Labute approximate surface area is 183 Å². The Balaban J connectivity index is 1.55. The van der Waals surface area contributed by atoms with Gasteiger partial charge in [-0.2, -0.15) is 0 Å². The first-order chi connectivity index (χ1) is 14.9. The van der Waals surface area contributed by atoms with Gasteiger partial charge in [0.05, 0.1) is 10.1 Å². The van der Waals surface area contributed by atoms with Gasteiger partial charge in [0.2, 0.25) is 0 Å². The van der Waals surface area contributed by atoms with Crippen molar-refractivity contribution >= 4 is 21.6 Å². The first-order valence-corrected chi connectivity index (χ1v) is 12.9. The fourth-order valence-electron chi connectivity index (χ4n) is 5.46. The van der Waals surface area contributed by atoms with Crippen molar-refractivity contribution < 1.29 is 8.42 Å². The Morgan fingerprint density at radius 3 is 2.65 bits per heavy atom. The Hall–Kier alpha value is -2.34. The number of sulfone groups is 1. The molecule has 2 saturated carbocycles. The van der Waals surface area contributed by atoms with E-state index in [-0.39, 0.29) is 10.8 Å². The highest BCUT2D eigenvalue weighted by Gasteiger charge is 2.46. The zero-order chi connectivity index (χ0) is 21.4. The van der Waals surface area contributed by atoms with E-state index in [0.29, 0.717) is 16.7 Å². The smallest absolute Gasteiger partial charge is 0.254 e. The second-order valence-electron chi connectivity index (χ2n) is 9.91. The number of anilines is 1. The molecular formula is C25H28N2O3S. The molecule has 1 spiro atoms. The van der Waals surface area contributed by atoms with Gasteiger partial charge in [-0.3, -0.25) is 4.79 Å². The lowest BCUT2D eigenvalue weighted by atomic mass is 9.92. The minimum atomic E-state index is -3.29. The SMILES string of the molecule is Cn1cc(-c2cc(S(=O)(=O)C3CC3)ccc2N2CCCC3(CC3)C2)c2c(c1=O)CC=C2. The molecular weight excluding hydrogens is 408 g/mol. The third-order valence-corrected chi connectivity index (χ3v) is 9.89. The van der Waals surface area contributed by atoms with E-state index >= 15 is 0 Å². The Bertz CT molecular complexity index is 1280. The van der Waals surface area contributed by atoms with Crippen LogP contribution < -0.4 is 10.5 Å². The van der Waals surface area contributed by atoms with Crippen molar-refractivity contribution in [2.75, 3.05) is 18.0 Å². The first kappa shape index (κ1) is 19.4. The number of pyridine rings is 1. The minimum Gasteiger partial charge on any atom is -0.370 e. The molecule has 1 aromatic heterocycles. The molecule has 6 rings (SSSR count). The third-order valence-electron chi connectivity index (χ3n) is 7.63. The molecule has 0 bridgehead atoms. The summed E-state index contributed by atoms with van der Waals surface area (Å²) in [6.07, 6.45) is 13.2. The van der Waals surface area contributed by atoms with E-state index in [1.165, 1.54) is 25.7 Å². The second-order valence-corrected chi connectivity index (χ2v) is 12.1. The quantitative estimate of drug-likeness (QED) is 0.729. The highest BCUT2D eigenvalue weighted by atomic mass is 32.2. The van der Waals surface area contributed by atoms with Gasteiger partial charge >= 0.3 is 0 Å². The van der Waals surface area contributed by atoms with Crippen LogP contribution in [0.4, 0.5) is 5.69 Å². The van der Waals surface area contributed by atoms with Crippen LogP contribution in [0.1, 0.15) is 49.7 Å². The van der Waals surface area contributed by atoms with Crippen LogP contribution in [0.25, 0.3) is 17.2 Å². The lowest BCUT2D eigenvalue weighted by molar-refractivity contribution is 0.395. The van der Waals surface area contributed by atoms with Gasteiger partial charge < -0.3 is 9.47 Å². The number of piperidine rings is 1. The summed E-state index contributed by atoms with van der Waals surface area (Å²) in [7, 11) is -1.51. The molecule has 1 aliphatic heterocycles. The topological polar surface area (TPSA) is 59.4 Å². The molecule has 1 aromatic carbocycles. The predicted molar refractivity (Wildman–Crippen MR) is 123 cm³/mol. The molecule has 0 N–H and O–H groups in total. The predicted octanol–water partition coefficient (Wildman–Crippen LogP) is 3.94. The van der Waals surface area contributed by atoms with Crippen LogP contribution in [0.5, 0.6) is 0 Å². The molecule has 2 aromatic rings. The maximum atomic E-state index is 13.1. The summed E-state index contributed by atoms with van der Waals surface area (Å²) in [4.78, 5) is 15.5. The number of aromatic nitrogens is 1. The van der Waals surface area contributed by atoms with Gasteiger partial charge in [0, 0.05) is 48.7 Å². The summed E-state index contributed by atoms with van der Waals surface area (Å²) < 4.78 is 27.7. The molecule has 5 nitrogen and oxygen atoms in total. The summed E-state index contributed by atoms with van der Waals surface area (Å²) >= 11 is 0. The molecule has 4 aliphatic rings. The molecule has 0 atom stereocenters. The van der Waals surface area contributed by atoms with Crippen LogP contribution in [0.2, 0.25) is 0 Å². The Morgan fingerprint density at radius 1 is 1.10 bits per heavy atom. The lowest BCUT2D eigenvalue weighted by Crippen LogP contribution is -2.36. The molecule has 3 aliphatic carbocycles. The van der Waals surface area contributed by atoms with Crippen molar-refractivity contribution in [2.45, 2.75) is 55.1 Å². The average molecular weight is 437 g/mol. The van der Waals surface area contributed by atoms with Crippen molar-refractivity contribution in [3.63, 3.8) is 0 Å². The first-order valence-electron chi connectivity index (χ1n) is 11.4. The average Bonchev–Trinajstić information content (AvgIpc) is 3.69. The molecule has 0 radical (unpaired) electrons. The van der Waals surface area contributed by atoms with Crippen molar-refractivity contribution in [1.82, 2.24) is 4.57 Å². The van der Waals surface area contributed by atoms with Gasteiger partial charge in [0.1, 0.15) is 0 Å². The van der Waals surface area contributed by atoms with Crippen molar-refractivity contribution in [1.29, 1.82) is 0 Å². The van der Waals surface area contributed by atoms with E-state index < -0.39 is 9.84 Å². The normalized spacial score (nSPS) is 21.5. The van der Waals surface area contributed by atoms with Crippen LogP contribution in [-0.2, 0) is 23.3 Å². The van der Waals surface area contributed by atoms with Gasteiger partial charge in [-0.15, -0.1) is 0 Å². The van der Waals surface area contributed by atoms with Crippen molar-refractivity contribution in [2.24, 2.45) is 12.5 Å². The summed E-state index contributed by atoms with van der Waals surface area (Å²) in [5, 5.41) is -0.235. The number of fused-ring (bicyclic) bond motifs is 1. The van der Waals surface area contributed by atoms with E-state index in [2.05, 4.69) is 4.90 Å². The zero-order valence-electron chi connectivity index (χ0n) is 17.9. The molecule has 1 saturated heterocycles. The highest BCUT2D eigenvalue weighted by molar-refractivity contribution is 7.92. The number of allylic oxidation sites excluding steroid dienone is 1. The third kappa shape index (κ3) is 3.10. The largest absolute Gasteiger partial charge is 0.370 e. The van der Waals surface area contributed by atoms with Gasteiger partial charge in [-0.25, -0.2) is 8.42 Å². The molecule has 2 heterocycles. The van der Waals surface area contributed by atoms with Crippen LogP contribution in [-0.4, -0.2) is 31.3 Å². The van der Waals surface area contributed by atoms with E-state index in [1.54, 1.807) is 17.7 Å². The van der Waals surface area contributed by atoms with Gasteiger partial charge in [0.15, 0.2) is 9.84 Å². The van der Waals surface area contributed by atoms with Crippen molar-refractivity contribution in [3.8, 4) is 11.1 Å². The number of nitrogens with zero attached hydrogens (tertiary/aromatic N) is 2. The van der Waals surface area contributed by atoms with E-state index in [1.807, 2.05) is 30.5 Å². The Morgan fingerprint density at radius 2 is 1.90 bits per heavy atom. The highest BCUT2D eigenvalue weighted by Crippen LogP contribution is 2.53. The summed E-state index contributed by atoms with van der Waals surface area (Å²) in [6.45, 7) is 2.03. The van der Waals surface area contributed by atoms with E-state index in [4.69, 9.17) is 0 Å². The number of benzene rings is 1. The number of aryl methyl sites for hydroxylation is 1. The second kappa shape index (κ2) is 6.58. The molecule has 3 fully saturated rings. The van der Waals surface area contributed by atoms with Gasteiger partial charge in [-0.1, -0.05) is 12.2 Å². The Kier molecular flexibility index (Phi) is 4.11. The molecule has 0 unspecified atom stereocenters. The van der Waals surface area contributed by atoms with E-state index in [0.717, 1.165) is 53.9 Å². The lowest BCUT2D eigenvalue weighted by Gasteiger charge is -2.36. The van der Waals surface area contributed by atoms with Crippen molar-refractivity contribution in [3.05, 3.63) is 52.0 Å². The van der Waals surface area contributed by atoms with Crippen LogP contribution in [0, 0.1) is 5.41 Å². The maximum Gasteiger partial charge on any atom is 0.254 e. The number of rotatable bonds is 4. The molecule has 31 heavy (non-hydrogen) atoms. The maximum absolute atomic E-state index is 13.1. The fourth-order valence-corrected chi connectivity index (χ4v) is 7.14. The zero-order valence-corrected chi connectivity index (χ0v) is 18.7. The van der Waals surface area contributed by atoms with Crippen LogP contribution >= 0.6 is 0 Å². The standard InChI is InChI=1S/C25H28N2O3S/c1-26-15-22(19-4-2-5-20(19)24(26)28)21-14-18(31(29,30)17-6-7-17)8-9-23(21)27-13-3-10-25(16-27)11-12-25/h2,4,8-9,14-15,17H,3,5-7,10-13,16H2,1H3. The monoisotopic (exact) mass is 436 g/mol. The summed E-state index contributed by atoms with van der Waals surface area (Å²) in [5.41, 5.74) is 5.24. The van der Waals surface area contributed by atoms with Gasteiger partial charge in [-0.05, 0) is 74.1 Å². The molecule has 0 amide bonds.